The van der Waals surface area contributed by atoms with E-state index in [4.69, 9.17) is 16.3 Å². The van der Waals surface area contributed by atoms with E-state index >= 15 is 0 Å². The third-order valence-electron chi connectivity index (χ3n) is 4.05. The van der Waals surface area contributed by atoms with Crippen LogP contribution in [0.15, 0.2) is 41.5 Å². The fourth-order valence-corrected chi connectivity index (χ4v) is 3.28. The molecule has 0 atom stereocenters. The highest BCUT2D eigenvalue weighted by Crippen LogP contribution is 2.37. The number of halogens is 1. The summed E-state index contributed by atoms with van der Waals surface area (Å²) in [5.74, 6) is 0.210. The van der Waals surface area contributed by atoms with Crippen LogP contribution in [-0.4, -0.2) is 36.4 Å². The molecule has 3 rings (SSSR count). The maximum atomic E-state index is 12.3. The number of hydrogen-bond donors (Lipinski definition) is 1. The lowest BCUT2D eigenvalue weighted by Gasteiger charge is -2.17. The van der Waals surface area contributed by atoms with Crippen molar-refractivity contribution in [3.05, 3.63) is 57.6 Å². The number of aromatic nitrogens is 2. The molecule has 3 aromatic rings. The zero-order chi connectivity index (χ0) is 21.3. The Morgan fingerprint density at radius 3 is 2.66 bits per heavy atom. The molecule has 0 unspecified atom stereocenters. The second-order valence-corrected chi connectivity index (χ2v) is 8.53. The maximum absolute atomic E-state index is 12.3. The Kier molecular flexibility index (Phi) is 5.48. The van der Waals surface area contributed by atoms with E-state index in [2.05, 4.69) is 9.71 Å². The summed E-state index contributed by atoms with van der Waals surface area (Å²) in [6.07, 6.45) is 1.41. The molecule has 9 nitrogen and oxygen atoms in total. The Labute approximate surface area is 171 Å². The summed E-state index contributed by atoms with van der Waals surface area (Å²) in [7, 11) is 0.437. The molecule has 0 spiro atoms. The molecule has 0 amide bonds. The molecule has 150 valence electrons. The van der Waals surface area contributed by atoms with Gasteiger partial charge in [0.05, 0.1) is 27.9 Å². The van der Waals surface area contributed by atoms with Crippen molar-refractivity contribution in [2.75, 3.05) is 18.8 Å². The van der Waals surface area contributed by atoms with Crippen LogP contribution < -0.4 is 15.0 Å². The lowest BCUT2D eigenvalue weighted by Crippen LogP contribution is -2.29. The largest absolute Gasteiger partial charge is 0.454 e. The smallest absolute Gasteiger partial charge is 0.301 e. The van der Waals surface area contributed by atoms with Crippen LogP contribution in [0.4, 0.5) is 5.69 Å². The molecule has 0 aliphatic heterocycles. The average molecular weight is 434 g/mol. The number of aryl methyl sites for hydroxylation is 1. The minimum atomic E-state index is -3.84. The van der Waals surface area contributed by atoms with Crippen LogP contribution in [0.3, 0.4) is 0 Å². The summed E-state index contributed by atoms with van der Waals surface area (Å²) >= 11 is 6.20. The van der Waals surface area contributed by atoms with Crippen LogP contribution in [0.2, 0.25) is 5.02 Å². The molecular formula is C18H16ClN5O4S. The molecular weight excluding hydrogens is 418 g/mol. The third-order valence-corrected chi connectivity index (χ3v) is 5.79. The van der Waals surface area contributed by atoms with Gasteiger partial charge >= 0.3 is 10.2 Å². The monoisotopic (exact) mass is 433 g/mol. The zero-order valence-electron chi connectivity index (χ0n) is 15.7. The van der Waals surface area contributed by atoms with Crippen molar-refractivity contribution in [1.82, 2.24) is 13.9 Å². The highest BCUT2D eigenvalue weighted by Gasteiger charge is 2.20. The van der Waals surface area contributed by atoms with Crippen molar-refractivity contribution < 1.29 is 13.2 Å². The van der Waals surface area contributed by atoms with E-state index in [0.29, 0.717) is 10.9 Å². The van der Waals surface area contributed by atoms with Crippen molar-refractivity contribution in [2.45, 2.75) is 0 Å². The summed E-state index contributed by atoms with van der Waals surface area (Å²) in [5.41, 5.74) is 0.139. The van der Waals surface area contributed by atoms with Crippen molar-refractivity contribution in [3.8, 4) is 17.6 Å². The molecule has 11 heteroatoms. The van der Waals surface area contributed by atoms with E-state index < -0.39 is 10.2 Å². The fourth-order valence-electron chi connectivity index (χ4n) is 2.45. The quantitative estimate of drug-likeness (QED) is 0.660. The Balaban J connectivity index is 2.09. The summed E-state index contributed by atoms with van der Waals surface area (Å²) in [5, 5.41) is 10.0. The Hall–Kier alpha value is -3.13. The Morgan fingerprint density at radius 2 is 2.00 bits per heavy atom. The predicted octanol–water partition coefficient (Wildman–Crippen LogP) is 2.47. The van der Waals surface area contributed by atoms with Gasteiger partial charge in [0.2, 0.25) is 0 Å². The first kappa shape index (κ1) is 20.6. The molecule has 0 saturated carbocycles. The van der Waals surface area contributed by atoms with Crippen LogP contribution in [0.25, 0.3) is 10.9 Å². The normalized spacial score (nSPS) is 11.4. The van der Waals surface area contributed by atoms with Gasteiger partial charge in [0.25, 0.3) is 5.56 Å². The predicted molar refractivity (Wildman–Crippen MR) is 109 cm³/mol. The summed E-state index contributed by atoms with van der Waals surface area (Å²) in [6.45, 7) is 0. The highest BCUT2D eigenvalue weighted by atomic mass is 35.5. The summed E-state index contributed by atoms with van der Waals surface area (Å²) in [4.78, 5) is 16.5. The molecule has 0 bridgehead atoms. The lowest BCUT2D eigenvalue weighted by molar-refractivity contribution is 0.482. The number of ether oxygens (including phenoxy) is 1. The fraction of sp³-hybridized carbons (Fsp3) is 0.167. The second-order valence-electron chi connectivity index (χ2n) is 6.24. The van der Waals surface area contributed by atoms with Gasteiger partial charge in [0.1, 0.15) is 17.4 Å². The number of nitrogens with zero attached hydrogens (tertiary/aromatic N) is 4. The number of nitriles is 1. The van der Waals surface area contributed by atoms with Crippen molar-refractivity contribution in [1.29, 1.82) is 5.26 Å². The minimum absolute atomic E-state index is 0.0129. The number of hydrogen-bond acceptors (Lipinski definition) is 6. The second kappa shape index (κ2) is 7.71. The van der Waals surface area contributed by atoms with E-state index in [1.807, 2.05) is 6.07 Å². The van der Waals surface area contributed by atoms with Gasteiger partial charge in [0.15, 0.2) is 5.75 Å². The minimum Gasteiger partial charge on any atom is -0.454 e. The van der Waals surface area contributed by atoms with Gasteiger partial charge in [-0.2, -0.15) is 18.0 Å². The summed E-state index contributed by atoms with van der Waals surface area (Å²) < 4.78 is 34.6. The van der Waals surface area contributed by atoms with E-state index in [1.54, 1.807) is 19.2 Å². The maximum Gasteiger partial charge on any atom is 0.301 e. The number of anilines is 1. The number of rotatable bonds is 5. The van der Waals surface area contributed by atoms with Crippen molar-refractivity contribution >= 4 is 38.4 Å². The van der Waals surface area contributed by atoms with Gasteiger partial charge in [-0.3, -0.25) is 9.52 Å². The number of fused-ring (bicyclic) bond motifs is 1. The molecule has 0 aliphatic carbocycles. The Morgan fingerprint density at radius 1 is 1.28 bits per heavy atom. The standard InChI is InChI=1S/C18H16ClN5O4S/c1-23(2)29(26,27)22-16-7-5-14(19)17(13(16)9-20)28-11-4-6-15-12(8-11)18(25)24(3)10-21-15/h4-8,10,22H,1-3H3. The van der Waals surface area contributed by atoms with E-state index in [-0.39, 0.29) is 33.3 Å². The first-order valence-electron chi connectivity index (χ1n) is 8.20. The molecule has 0 radical (unpaired) electrons. The average Bonchev–Trinajstić information content (AvgIpc) is 2.67. The first-order chi connectivity index (χ1) is 13.6. The Bertz CT molecular complexity index is 1310. The SMILES string of the molecule is CN(C)S(=O)(=O)Nc1ccc(Cl)c(Oc2ccc3ncn(C)c(=O)c3c2)c1C#N. The van der Waals surface area contributed by atoms with Gasteiger partial charge in [-0.15, -0.1) is 0 Å². The van der Waals surface area contributed by atoms with Crippen LogP contribution >= 0.6 is 11.6 Å². The first-order valence-corrected chi connectivity index (χ1v) is 10.0. The molecule has 0 fully saturated rings. The molecule has 1 N–H and O–H groups in total. The molecule has 1 aromatic heterocycles. The lowest BCUT2D eigenvalue weighted by atomic mass is 10.1. The molecule has 29 heavy (non-hydrogen) atoms. The summed E-state index contributed by atoms with van der Waals surface area (Å²) in [6, 6.07) is 9.35. The zero-order valence-corrected chi connectivity index (χ0v) is 17.2. The van der Waals surface area contributed by atoms with Gasteiger partial charge < -0.3 is 9.30 Å². The van der Waals surface area contributed by atoms with Crippen LogP contribution in [0.5, 0.6) is 11.5 Å². The van der Waals surface area contributed by atoms with E-state index in [1.165, 1.54) is 43.2 Å². The van der Waals surface area contributed by atoms with E-state index in [9.17, 15) is 18.5 Å². The van der Waals surface area contributed by atoms with Gasteiger partial charge in [-0.05, 0) is 30.3 Å². The highest BCUT2D eigenvalue weighted by molar-refractivity contribution is 7.90. The van der Waals surface area contributed by atoms with Crippen molar-refractivity contribution in [3.63, 3.8) is 0 Å². The molecule has 2 aromatic carbocycles. The molecule has 1 heterocycles. The third kappa shape index (κ3) is 4.02. The van der Waals surface area contributed by atoms with Crippen LogP contribution in [-0.2, 0) is 17.3 Å². The van der Waals surface area contributed by atoms with Gasteiger partial charge in [-0.25, -0.2) is 4.98 Å². The van der Waals surface area contributed by atoms with Gasteiger partial charge in [-0.1, -0.05) is 11.6 Å². The van der Waals surface area contributed by atoms with Crippen LogP contribution in [0, 0.1) is 11.3 Å². The van der Waals surface area contributed by atoms with Crippen LogP contribution in [0.1, 0.15) is 5.56 Å². The van der Waals surface area contributed by atoms with Crippen molar-refractivity contribution in [2.24, 2.45) is 7.05 Å². The van der Waals surface area contributed by atoms with E-state index in [0.717, 1.165) is 4.31 Å². The topological polar surface area (TPSA) is 117 Å². The number of nitrogens with one attached hydrogen (secondary N) is 1. The molecule has 0 saturated heterocycles. The number of benzene rings is 2. The van der Waals surface area contributed by atoms with Gasteiger partial charge in [0, 0.05) is 21.1 Å². The molecule has 0 aliphatic rings.